The van der Waals surface area contributed by atoms with Crippen molar-refractivity contribution in [1.82, 2.24) is 4.90 Å². The molecule has 0 bridgehead atoms. The van der Waals surface area contributed by atoms with E-state index in [0.29, 0.717) is 18.7 Å². The third kappa shape index (κ3) is 3.23. The number of nitriles is 1. The Bertz CT molecular complexity index is 562. The van der Waals surface area contributed by atoms with Gasteiger partial charge < -0.3 is 15.0 Å². The molecule has 1 amide bonds. The van der Waals surface area contributed by atoms with Gasteiger partial charge in [-0.3, -0.25) is 4.79 Å². The van der Waals surface area contributed by atoms with Crippen LogP contribution in [0.25, 0.3) is 0 Å². The van der Waals surface area contributed by atoms with Gasteiger partial charge in [0.1, 0.15) is 0 Å². The Balaban J connectivity index is 1.57. The van der Waals surface area contributed by atoms with Gasteiger partial charge in [-0.25, -0.2) is 0 Å². The quantitative estimate of drug-likeness (QED) is 0.928. The van der Waals surface area contributed by atoms with E-state index in [1.54, 1.807) is 12.1 Å². The summed E-state index contributed by atoms with van der Waals surface area (Å²) in [6.07, 6.45) is 4.72. The smallest absolute Gasteiger partial charge is 0.242 e. The van der Waals surface area contributed by atoms with Gasteiger partial charge in [0.25, 0.3) is 0 Å². The van der Waals surface area contributed by atoms with Crippen molar-refractivity contribution < 1.29 is 9.53 Å². The molecule has 1 N–H and O–H groups in total. The van der Waals surface area contributed by atoms with Crippen molar-refractivity contribution in [3.63, 3.8) is 0 Å². The van der Waals surface area contributed by atoms with E-state index in [1.807, 2.05) is 17.0 Å². The Kier molecular flexibility index (Phi) is 4.59. The van der Waals surface area contributed by atoms with Crippen LogP contribution in [0.5, 0.6) is 0 Å². The zero-order valence-electron chi connectivity index (χ0n) is 12.6. The van der Waals surface area contributed by atoms with Gasteiger partial charge in [0.15, 0.2) is 0 Å². The molecule has 2 aliphatic rings. The molecule has 1 aliphatic heterocycles. The third-order valence-corrected chi connectivity index (χ3v) is 4.51. The van der Waals surface area contributed by atoms with E-state index >= 15 is 0 Å². The van der Waals surface area contributed by atoms with Gasteiger partial charge >= 0.3 is 0 Å². The van der Waals surface area contributed by atoms with Crippen molar-refractivity contribution in [3.05, 3.63) is 29.8 Å². The minimum Gasteiger partial charge on any atom is -0.376 e. The Morgan fingerprint density at radius 1 is 1.32 bits per heavy atom. The number of carbonyl (C=O) groups excluding carboxylic acids is 1. The summed E-state index contributed by atoms with van der Waals surface area (Å²) in [6, 6.07) is 9.49. The molecule has 0 spiro atoms. The predicted molar refractivity (Wildman–Crippen MR) is 83.4 cm³/mol. The summed E-state index contributed by atoms with van der Waals surface area (Å²) < 4.78 is 5.81. The number of benzene rings is 1. The van der Waals surface area contributed by atoms with Crippen LogP contribution >= 0.6 is 0 Å². The molecule has 0 unspecified atom stereocenters. The molecule has 5 heteroatoms. The fraction of sp³-hybridized carbons (Fsp3) is 0.529. The first-order chi connectivity index (χ1) is 10.8. The zero-order valence-corrected chi connectivity index (χ0v) is 12.6. The molecule has 1 heterocycles. The molecule has 1 saturated carbocycles. The van der Waals surface area contributed by atoms with Crippen LogP contribution in [0, 0.1) is 11.3 Å². The van der Waals surface area contributed by atoms with Crippen molar-refractivity contribution in [2.45, 2.75) is 37.8 Å². The van der Waals surface area contributed by atoms with Gasteiger partial charge in [-0.05, 0) is 37.1 Å². The Hall–Kier alpha value is -2.06. The second kappa shape index (κ2) is 6.80. The van der Waals surface area contributed by atoms with Crippen LogP contribution in [0.2, 0.25) is 0 Å². The molecule has 0 aromatic heterocycles. The number of ether oxygens (including phenoxy) is 1. The van der Waals surface area contributed by atoms with Crippen LogP contribution < -0.4 is 5.32 Å². The molecule has 22 heavy (non-hydrogen) atoms. The molecule has 1 saturated heterocycles. The number of morpholine rings is 1. The lowest BCUT2D eigenvalue weighted by atomic mass is 9.90. The lowest BCUT2D eigenvalue weighted by Crippen LogP contribution is -2.56. The average molecular weight is 299 g/mol. The second-order valence-corrected chi connectivity index (χ2v) is 5.89. The Morgan fingerprint density at radius 2 is 2.09 bits per heavy atom. The highest BCUT2D eigenvalue weighted by Crippen LogP contribution is 2.28. The van der Waals surface area contributed by atoms with Crippen LogP contribution in [-0.4, -0.2) is 42.6 Å². The minimum absolute atomic E-state index is 0.129. The molecule has 2 fully saturated rings. The highest BCUT2D eigenvalue weighted by atomic mass is 16.5. The van der Waals surface area contributed by atoms with Crippen molar-refractivity contribution >= 4 is 11.6 Å². The first-order valence-corrected chi connectivity index (χ1v) is 7.93. The van der Waals surface area contributed by atoms with E-state index in [-0.39, 0.29) is 24.6 Å². The molecular formula is C17H21N3O2. The molecular weight excluding hydrogens is 278 g/mol. The number of hydrogen-bond donors (Lipinski definition) is 1. The van der Waals surface area contributed by atoms with Crippen molar-refractivity contribution in [2.24, 2.45) is 0 Å². The van der Waals surface area contributed by atoms with Crippen LogP contribution in [0.1, 0.15) is 31.2 Å². The number of rotatable bonds is 3. The summed E-state index contributed by atoms with van der Waals surface area (Å²) >= 11 is 0. The Labute approximate surface area is 130 Å². The van der Waals surface area contributed by atoms with E-state index in [0.717, 1.165) is 18.5 Å². The summed E-state index contributed by atoms with van der Waals surface area (Å²) in [5.74, 6) is 0.129. The number of nitrogens with zero attached hydrogens (tertiary/aromatic N) is 2. The second-order valence-electron chi connectivity index (χ2n) is 5.89. The monoisotopic (exact) mass is 299 g/mol. The summed E-state index contributed by atoms with van der Waals surface area (Å²) in [5.41, 5.74) is 1.48. The first-order valence-electron chi connectivity index (χ1n) is 7.93. The van der Waals surface area contributed by atoms with Gasteiger partial charge in [-0.1, -0.05) is 12.8 Å². The standard InChI is InChI=1S/C17H21N3O2/c18-11-13-5-7-14(8-6-13)19-12-17(21)20-9-10-22-16-4-2-1-3-15(16)20/h5-8,15-16,19H,1-4,9-10,12H2/t15-,16+/m1/s1. The van der Waals surface area contributed by atoms with Crippen molar-refractivity contribution in [1.29, 1.82) is 5.26 Å². The number of nitrogens with one attached hydrogen (secondary N) is 1. The summed E-state index contributed by atoms with van der Waals surface area (Å²) in [5, 5.41) is 11.9. The lowest BCUT2D eigenvalue weighted by molar-refractivity contribution is -0.147. The number of hydrogen-bond acceptors (Lipinski definition) is 4. The summed E-state index contributed by atoms with van der Waals surface area (Å²) in [4.78, 5) is 14.5. The fourth-order valence-electron chi connectivity index (χ4n) is 3.35. The van der Waals surface area contributed by atoms with Gasteiger partial charge in [-0.2, -0.15) is 5.26 Å². The van der Waals surface area contributed by atoms with Crippen molar-refractivity contribution in [2.75, 3.05) is 25.0 Å². The van der Waals surface area contributed by atoms with Crippen LogP contribution in [0.3, 0.4) is 0 Å². The van der Waals surface area contributed by atoms with E-state index in [1.165, 1.54) is 12.8 Å². The fourth-order valence-corrected chi connectivity index (χ4v) is 3.35. The van der Waals surface area contributed by atoms with E-state index in [4.69, 9.17) is 10.00 Å². The van der Waals surface area contributed by atoms with Gasteiger partial charge in [-0.15, -0.1) is 0 Å². The first kappa shape index (κ1) is 14.9. The maximum Gasteiger partial charge on any atom is 0.242 e. The lowest BCUT2D eigenvalue weighted by Gasteiger charge is -2.43. The minimum atomic E-state index is 0.129. The van der Waals surface area contributed by atoms with Crippen molar-refractivity contribution in [3.8, 4) is 6.07 Å². The molecule has 2 atom stereocenters. The summed E-state index contributed by atoms with van der Waals surface area (Å²) in [7, 11) is 0. The average Bonchev–Trinajstić information content (AvgIpc) is 2.59. The number of carbonyl (C=O) groups is 1. The molecule has 0 radical (unpaired) electrons. The van der Waals surface area contributed by atoms with Crippen LogP contribution in [0.4, 0.5) is 5.69 Å². The number of fused-ring (bicyclic) bond motifs is 1. The van der Waals surface area contributed by atoms with Crippen LogP contribution in [-0.2, 0) is 9.53 Å². The molecule has 3 rings (SSSR count). The highest BCUT2D eigenvalue weighted by Gasteiger charge is 2.36. The third-order valence-electron chi connectivity index (χ3n) is 4.51. The van der Waals surface area contributed by atoms with Gasteiger partial charge in [0.05, 0.1) is 36.9 Å². The molecule has 1 aromatic carbocycles. The van der Waals surface area contributed by atoms with Crippen LogP contribution in [0.15, 0.2) is 24.3 Å². The topological polar surface area (TPSA) is 65.4 Å². The Morgan fingerprint density at radius 3 is 2.86 bits per heavy atom. The van der Waals surface area contributed by atoms with E-state index in [2.05, 4.69) is 11.4 Å². The highest BCUT2D eigenvalue weighted by molar-refractivity contribution is 5.81. The SMILES string of the molecule is N#Cc1ccc(NCC(=O)N2CCO[C@H]3CCCC[C@H]32)cc1. The largest absolute Gasteiger partial charge is 0.376 e. The maximum absolute atomic E-state index is 12.5. The predicted octanol–water partition coefficient (Wildman–Crippen LogP) is 2.14. The van der Waals surface area contributed by atoms with E-state index in [9.17, 15) is 4.79 Å². The molecule has 1 aromatic rings. The normalized spacial score (nSPS) is 24.2. The number of amides is 1. The van der Waals surface area contributed by atoms with Gasteiger partial charge in [0, 0.05) is 12.2 Å². The molecule has 116 valence electrons. The maximum atomic E-state index is 12.5. The van der Waals surface area contributed by atoms with E-state index < -0.39 is 0 Å². The summed E-state index contributed by atoms with van der Waals surface area (Å²) in [6.45, 7) is 1.62. The molecule has 1 aliphatic carbocycles. The number of anilines is 1. The zero-order chi connectivity index (χ0) is 15.4. The van der Waals surface area contributed by atoms with Gasteiger partial charge in [0.2, 0.25) is 5.91 Å². The molecule has 5 nitrogen and oxygen atoms in total.